The number of benzene rings is 4. The molecule has 1 heterocycles. The fourth-order valence-electron chi connectivity index (χ4n) is 6.29. The summed E-state index contributed by atoms with van der Waals surface area (Å²) in [6.07, 6.45) is 0. The van der Waals surface area contributed by atoms with E-state index in [0.29, 0.717) is 0 Å². The van der Waals surface area contributed by atoms with Crippen LogP contribution in [0.3, 0.4) is 0 Å². The number of hydrogen-bond acceptors (Lipinski definition) is 8. The van der Waals surface area contributed by atoms with Crippen molar-refractivity contribution in [3.05, 3.63) is 97.1 Å². The molecule has 8 nitrogen and oxygen atoms in total. The SMILES string of the molecule is CN(C)c1ccc([Si]2(C)O[Si](C)(c3ccc(N(C)C)cc3)O[Si](C)(c3ccc(N(C)C)cc3)O[Si](C)(c3ccc(N(C)C)cc3)O2)cc1. The molecule has 4 aromatic rings. The third-order valence-corrected chi connectivity index (χ3v) is 27.2. The summed E-state index contributed by atoms with van der Waals surface area (Å²) in [6, 6.07) is 34.4. The zero-order valence-corrected chi connectivity index (χ0v) is 34.7. The molecule has 0 atom stereocenters. The zero-order chi connectivity index (χ0) is 35.1. The first kappa shape index (κ1) is 36.1. The Hall–Kier alpha value is -3.21. The van der Waals surface area contributed by atoms with E-state index in [2.05, 4.69) is 199 Å². The van der Waals surface area contributed by atoms with Crippen molar-refractivity contribution < 1.29 is 16.5 Å². The molecule has 48 heavy (non-hydrogen) atoms. The first-order valence-corrected chi connectivity index (χ1v) is 25.7. The topological polar surface area (TPSA) is 49.9 Å². The van der Waals surface area contributed by atoms with Gasteiger partial charge in [0.2, 0.25) is 0 Å². The highest BCUT2D eigenvalue weighted by molar-refractivity contribution is 7.05. The van der Waals surface area contributed by atoms with Crippen LogP contribution in [0, 0.1) is 0 Å². The maximum absolute atomic E-state index is 7.58. The lowest BCUT2D eigenvalue weighted by molar-refractivity contribution is 0.253. The molecule has 0 spiro atoms. The lowest BCUT2D eigenvalue weighted by atomic mass is 10.3. The molecule has 0 bridgehead atoms. The van der Waals surface area contributed by atoms with E-state index in [9.17, 15) is 0 Å². The fraction of sp³-hybridized carbons (Fsp3) is 0.333. The number of nitrogens with zero attached hydrogens (tertiary/aromatic N) is 4. The molecule has 0 radical (unpaired) electrons. The molecule has 12 heteroatoms. The first-order valence-electron chi connectivity index (χ1n) is 16.4. The summed E-state index contributed by atoms with van der Waals surface area (Å²) in [4.78, 5) is 8.42. The Morgan fingerprint density at radius 2 is 0.438 bits per heavy atom. The van der Waals surface area contributed by atoms with Gasteiger partial charge < -0.3 is 36.1 Å². The molecule has 0 aromatic heterocycles. The van der Waals surface area contributed by atoms with E-state index in [-0.39, 0.29) is 0 Å². The van der Waals surface area contributed by atoms with Crippen LogP contribution in [0.2, 0.25) is 26.2 Å². The van der Waals surface area contributed by atoms with Crippen LogP contribution in [0.5, 0.6) is 0 Å². The molecule has 0 aliphatic carbocycles. The van der Waals surface area contributed by atoms with E-state index >= 15 is 0 Å². The fourth-order valence-corrected chi connectivity index (χ4v) is 27.2. The Labute approximate surface area is 292 Å². The highest BCUT2D eigenvalue weighted by Gasteiger charge is 2.59. The van der Waals surface area contributed by atoms with Crippen molar-refractivity contribution in [1.29, 1.82) is 0 Å². The summed E-state index contributed by atoms with van der Waals surface area (Å²) in [5.74, 6) is 0. The van der Waals surface area contributed by atoms with Crippen LogP contribution in [0.1, 0.15) is 0 Å². The van der Waals surface area contributed by atoms with Gasteiger partial charge in [-0.15, -0.1) is 0 Å². The number of rotatable bonds is 8. The van der Waals surface area contributed by atoms with Gasteiger partial charge in [0.1, 0.15) is 0 Å². The molecular weight excluding hydrogens is 665 g/mol. The van der Waals surface area contributed by atoms with E-state index in [1.54, 1.807) is 0 Å². The number of hydrogen-bond donors (Lipinski definition) is 0. The highest BCUT2D eigenvalue weighted by Crippen LogP contribution is 2.32. The molecule has 5 rings (SSSR count). The summed E-state index contributed by atoms with van der Waals surface area (Å²) in [5, 5.41) is 4.20. The van der Waals surface area contributed by atoms with Gasteiger partial charge >= 0.3 is 34.2 Å². The molecule has 1 aliphatic rings. The molecular formula is C36H52N4O4Si4. The second kappa shape index (κ2) is 13.6. The van der Waals surface area contributed by atoms with E-state index < -0.39 is 34.2 Å². The predicted molar refractivity (Wildman–Crippen MR) is 212 cm³/mol. The second-order valence-electron chi connectivity index (χ2n) is 14.0. The van der Waals surface area contributed by atoms with Gasteiger partial charge in [-0.3, -0.25) is 0 Å². The van der Waals surface area contributed by atoms with Gasteiger partial charge in [-0.25, -0.2) is 0 Å². The Kier molecular flexibility index (Phi) is 10.2. The third kappa shape index (κ3) is 7.36. The van der Waals surface area contributed by atoms with Crippen LogP contribution in [-0.2, 0) is 16.5 Å². The largest absolute Gasteiger partial charge is 0.409 e. The molecule has 256 valence electrons. The Balaban J connectivity index is 1.72. The van der Waals surface area contributed by atoms with Crippen LogP contribution < -0.4 is 40.3 Å². The average Bonchev–Trinajstić information content (AvgIpc) is 3.04. The van der Waals surface area contributed by atoms with Crippen LogP contribution in [0.25, 0.3) is 0 Å². The minimum absolute atomic E-state index is 1.05. The van der Waals surface area contributed by atoms with Gasteiger partial charge in [0.15, 0.2) is 0 Å². The predicted octanol–water partition coefficient (Wildman–Crippen LogP) is 4.25. The molecule has 1 fully saturated rings. The van der Waals surface area contributed by atoms with Crippen LogP contribution in [0.15, 0.2) is 97.1 Å². The minimum atomic E-state index is -3.20. The first-order chi connectivity index (χ1) is 22.5. The zero-order valence-electron chi connectivity index (χ0n) is 30.7. The van der Waals surface area contributed by atoms with Crippen molar-refractivity contribution in [3.63, 3.8) is 0 Å². The van der Waals surface area contributed by atoms with Crippen molar-refractivity contribution in [2.24, 2.45) is 0 Å². The molecule has 0 saturated carbocycles. The minimum Gasteiger partial charge on any atom is -0.409 e. The summed E-state index contributed by atoms with van der Waals surface area (Å²) in [6.45, 7) is 8.66. The molecule has 4 aromatic carbocycles. The quantitative estimate of drug-likeness (QED) is 0.251. The maximum atomic E-state index is 7.58. The molecule has 1 saturated heterocycles. The number of anilines is 4. The van der Waals surface area contributed by atoms with Crippen molar-refractivity contribution in [3.8, 4) is 0 Å². The van der Waals surface area contributed by atoms with E-state index in [4.69, 9.17) is 16.5 Å². The van der Waals surface area contributed by atoms with E-state index in [1.807, 2.05) is 0 Å². The van der Waals surface area contributed by atoms with Crippen LogP contribution in [-0.4, -0.2) is 90.6 Å². The normalized spacial score (nSPS) is 25.9. The second-order valence-corrected chi connectivity index (χ2v) is 27.1. The standard InChI is InChI=1S/C36H52N4O4Si4/c1-37(2)29-13-21-33(22-14-29)45(9)41-46(10,34-23-15-30(16-24-34)38(3)4)43-48(12,36-27-19-32(20-28-36)40(7)8)44-47(11,42-45)35-25-17-31(18-26-35)39(5)6/h13-28H,1-12H3. The van der Waals surface area contributed by atoms with Crippen LogP contribution in [0.4, 0.5) is 22.7 Å². The van der Waals surface area contributed by atoms with Crippen LogP contribution >= 0.6 is 0 Å². The maximum Gasteiger partial charge on any atom is 0.352 e. The Bertz CT molecular complexity index is 1420. The summed E-state index contributed by atoms with van der Waals surface area (Å²) < 4.78 is 30.3. The molecule has 0 N–H and O–H groups in total. The molecule has 1 aliphatic heterocycles. The van der Waals surface area contributed by atoms with E-state index in [1.165, 1.54) is 0 Å². The summed E-state index contributed by atoms with van der Waals surface area (Å²) >= 11 is 0. The van der Waals surface area contributed by atoms with Gasteiger partial charge in [0, 0.05) is 79.1 Å². The third-order valence-electron chi connectivity index (χ3n) is 9.19. The monoisotopic (exact) mass is 716 g/mol. The van der Waals surface area contributed by atoms with Crippen molar-refractivity contribution in [1.82, 2.24) is 0 Å². The lowest BCUT2D eigenvalue weighted by Crippen LogP contribution is -2.77. The average molecular weight is 717 g/mol. The summed E-state index contributed by atoms with van der Waals surface area (Å²) in [5.41, 5.74) is 4.48. The Morgan fingerprint density at radius 3 is 0.562 bits per heavy atom. The smallest absolute Gasteiger partial charge is 0.352 e. The van der Waals surface area contributed by atoms with Gasteiger partial charge in [-0.2, -0.15) is 0 Å². The van der Waals surface area contributed by atoms with E-state index in [0.717, 1.165) is 43.5 Å². The highest BCUT2D eigenvalue weighted by atomic mass is 28.5. The van der Waals surface area contributed by atoms with Crippen molar-refractivity contribution >= 4 is 77.7 Å². The van der Waals surface area contributed by atoms with Gasteiger partial charge in [0.25, 0.3) is 0 Å². The van der Waals surface area contributed by atoms with Gasteiger partial charge in [-0.1, -0.05) is 48.5 Å². The Morgan fingerprint density at radius 1 is 0.292 bits per heavy atom. The van der Waals surface area contributed by atoms with Crippen molar-refractivity contribution in [2.75, 3.05) is 76.0 Å². The van der Waals surface area contributed by atoms with Gasteiger partial charge in [-0.05, 0) is 95.5 Å². The lowest BCUT2D eigenvalue weighted by Gasteiger charge is -2.50. The van der Waals surface area contributed by atoms with Gasteiger partial charge in [0.05, 0.1) is 0 Å². The molecule has 0 unspecified atom stereocenters. The molecule has 0 amide bonds. The van der Waals surface area contributed by atoms with Crippen molar-refractivity contribution in [2.45, 2.75) is 26.2 Å². The summed E-state index contributed by atoms with van der Waals surface area (Å²) in [7, 11) is 3.64.